The first-order valence-electron chi connectivity index (χ1n) is 8.05. The number of aromatic nitrogens is 1. The Morgan fingerprint density at radius 3 is 2.03 bits per heavy atom. The lowest BCUT2D eigenvalue weighted by atomic mass is 10.1. The Kier molecular flexibility index (Phi) is 7.05. The van der Waals surface area contributed by atoms with Crippen LogP contribution in [0, 0.1) is 7.14 Å². The van der Waals surface area contributed by atoms with Gasteiger partial charge in [-0.15, -0.1) is 0 Å². The molecule has 11 heteroatoms. The third-order valence-electron chi connectivity index (χ3n) is 3.65. The van der Waals surface area contributed by atoms with Gasteiger partial charge in [-0.05, 0) is 75.5 Å². The van der Waals surface area contributed by atoms with Gasteiger partial charge in [-0.2, -0.15) is 0 Å². The molecule has 3 aromatic rings. The molecule has 0 aliphatic rings. The maximum atomic E-state index is 12.7. The average Bonchev–Trinajstić information content (AvgIpc) is 2.67. The summed E-state index contributed by atoms with van der Waals surface area (Å²) >= 11 is 3.34. The fourth-order valence-corrected chi connectivity index (χ4v) is 6.31. The molecule has 0 saturated heterocycles. The highest BCUT2D eigenvalue weighted by Gasteiger charge is 2.22. The van der Waals surface area contributed by atoms with Gasteiger partial charge in [0.25, 0.3) is 0 Å². The number of pyridine rings is 1. The summed E-state index contributed by atoms with van der Waals surface area (Å²) in [6.07, 6.45) is 2.50. The number of halogens is 2. The van der Waals surface area contributed by atoms with Crippen molar-refractivity contribution < 1.29 is 32.0 Å². The maximum Gasteiger partial charge on any atom is 0.345 e. The Bertz CT molecular complexity index is 1210. The van der Waals surface area contributed by atoms with E-state index in [1.807, 2.05) is 0 Å². The summed E-state index contributed by atoms with van der Waals surface area (Å²) in [5.74, 6) is -1.36. The van der Waals surface area contributed by atoms with Gasteiger partial charge < -0.3 is 14.0 Å². The van der Waals surface area contributed by atoms with Crippen LogP contribution in [0.1, 0.15) is 20.7 Å². The van der Waals surface area contributed by atoms with Crippen molar-refractivity contribution in [1.29, 1.82) is 0 Å². The summed E-state index contributed by atoms with van der Waals surface area (Å²) in [4.78, 5) is 28.6. The van der Waals surface area contributed by atoms with E-state index in [9.17, 15) is 22.6 Å². The standard InChI is InChI=1S/C19H11I2NO7S/c20-15-8-12(9-16(21)17(15)30(25,26)27)29-18(23)13-6-7-22-10-14(13)19(24)28-11-4-2-1-3-5-11/h1-10H,(H,25,26,27)/p-1. The van der Waals surface area contributed by atoms with Gasteiger partial charge in [0, 0.05) is 19.5 Å². The van der Waals surface area contributed by atoms with Crippen molar-refractivity contribution in [3.05, 3.63) is 79.2 Å². The van der Waals surface area contributed by atoms with Crippen molar-refractivity contribution in [2.75, 3.05) is 0 Å². The summed E-state index contributed by atoms with van der Waals surface area (Å²) in [6, 6.07) is 12.1. The minimum atomic E-state index is -4.68. The first kappa shape index (κ1) is 22.6. The molecule has 0 saturated carbocycles. The first-order chi connectivity index (χ1) is 14.2. The van der Waals surface area contributed by atoms with Gasteiger partial charge in [-0.1, -0.05) is 18.2 Å². The monoisotopic (exact) mass is 650 g/mol. The van der Waals surface area contributed by atoms with E-state index in [1.165, 1.54) is 30.6 Å². The minimum Gasteiger partial charge on any atom is -0.744 e. The number of hydrogen-bond donors (Lipinski definition) is 0. The van der Waals surface area contributed by atoms with Gasteiger partial charge in [0.2, 0.25) is 0 Å². The van der Waals surface area contributed by atoms with Gasteiger partial charge in [-0.3, -0.25) is 4.98 Å². The molecular weight excluding hydrogens is 640 g/mol. The molecule has 0 amide bonds. The molecule has 2 aromatic carbocycles. The van der Waals surface area contributed by atoms with E-state index in [0.717, 1.165) is 0 Å². The molecule has 1 heterocycles. The third kappa shape index (κ3) is 5.33. The fourth-order valence-electron chi connectivity index (χ4n) is 2.38. The number of para-hydroxylation sites is 1. The molecule has 0 radical (unpaired) electrons. The van der Waals surface area contributed by atoms with Gasteiger partial charge in [0.1, 0.15) is 21.6 Å². The predicted molar refractivity (Wildman–Crippen MR) is 120 cm³/mol. The zero-order chi connectivity index (χ0) is 21.9. The van der Waals surface area contributed by atoms with Crippen LogP contribution in [0.25, 0.3) is 0 Å². The lowest BCUT2D eigenvalue weighted by Crippen LogP contribution is -2.18. The van der Waals surface area contributed by atoms with E-state index in [1.54, 1.807) is 75.5 Å². The molecule has 0 atom stereocenters. The summed E-state index contributed by atoms with van der Waals surface area (Å²) < 4.78 is 44.9. The van der Waals surface area contributed by atoms with Crippen molar-refractivity contribution in [3.8, 4) is 11.5 Å². The lowest BCUT2D eigenvalue weighted by molar-refractivity contribution is 0.0691. The Labute approximate surface area is 198 Å². The highest BCUT2D eigenvalue weighted by Crippen LogP contribution is 2.29. The largest absolute Gasteiger partial charge is 0.744 e. The van der Waals surface area contributed by atoms with Crippen LogP contribution in [-0.4, -0.2) is 29.9 Å². The summed E-state index contributed by atoms with van der Waals surface area (Å²) in [6.45, 7) is 0. The van der Waals surface area contributed by atoms with Crippen molar-refractivity contribution >= 4 is 67.2 Å². The molecule has 0 spiro atoms. The smallest absolute Gasteiger partial charge is 0.345 e. The van der Waals surface area contributed by atoms with E-state index < -0.39 is 22.1 Å². The molecule has 30 heavy (non-hydrogen) atoms. The first-order valence-corrected chi connectivity index (χ1v) is 11.6. The summed E-state index contributed by atoms with van der Waals surface area (Å²) in [5.41, 5.74) is -0.189. The molecule has 8 nitrogen and oxygen atoms in total. The molecule has 0 unspecified atom stereocenters. The predicted octanol–water partition coefficient (Wildman–Crippen LogP) is 3.63. The van der Waals surface area contributed by atoms with Gasteiger partial charge in [-0.25, -0.2) is 18.0 Å². The number of carbonyl (C=O) groups is 2. The number of nitrogens with zero attached hydrogens (tertiary/aromatic N) is 1. The topological polar surface area (TPSA) is 123 Å². The van der Waals surface area contributed by atoms with E-state index in [2.05, 4.69) is 4.98 Å². The van der Waals surface area contributed by atoms with Crippen LogP contribution in [-0.2, 0) is 10.1 Å². The quantitative estimate of drug-likeness (QED) is 0.178. The van der Waals surface area contributed by atoms with E-state index in [0.29, 0.717) is 5.75 Å². The van der Waals surface area contributed by atoms with Crippen LogP contribution in [0.5, 0.6) is 11.5 Å². The summed E-state index contributed by atoms with van der Waals surface area (Å²) in [7, 11) is -4.68. The third-order valence-corrected chi connectivity index (χ3v) is 7.02. The van der Waals surface area contributed by atoms with Crippen molar-refractivity contribution in [1.82, 2.24) is 4.98 Å². The second-order valence-electron chi connectivity index (χ2n) is 5.68. The molecule has 3 rings (SSSR count). The molecule has 0 N–H and O–H groups in total. The lowest BCUT2D eigenvalue weighted by Gasteiger charge is -2.14. The van der Waals surface area contributed by atoms with Gasteiger partial charge in [0.05, 0.1) is 16.0 Å². The Hall–Kier alpha value is -2.10. The average molecular weight is 650 g/mol. The second kappa shape index (κ2) is 9.36. The molecule has 0 aliphatic heterocycles. The highest BCUT2D eigenvalue weighted by atomic mass is 127. The fraction of sp³-hybridized carbons (Fsp3) is 0. The van der Waals surface area contributed by atoms with Crippen LogP contribution in [0.2, 0.25) is 0 Å². The van der Waals surface area contributed by atoms with Crippen LogP contribution in [0.15, 0.2) is 65.8 Å². The Balaban J connectivity index is 1.87. The number of carbonyl (C=O) groups excluding carboxylic acids is 2. The van der Waals surface area contributed by atoms with Crippen molar-refractivity contribution in [3.63, 3.8) is 0 Å². The normalized spacial score (nSPS) is 11.0. The number of benzene rings is 2. The van der Waals surface area contributed by atoms with Gasteiger partial charge >= 0.3 is 11.9 Å². The number of esters is 2. The SMILES string of the molecule is O=C(Oc1cc(I)c(S(=O)(=O)[O-])c(I)c1)c1ccncc1C(=O)Oc1ccccc1. The zero-order valence-electron chi connectivity index (χ0n) is 14.7. The van der Waals surface area contributed by atoms with E-state index >= 15 is 0 Å². The molecule has 0 bridgehead atoms. The highest BCUT2D eigenvalue weighted by molar-refractivity contribution is 14.1. The molecule has 154 valence electrons. The minimum absolute atomic E-state index is 0.0142. The second-order valence-corrected chi connectivity index (χ2v) is 9.32. The van der Waals surface area contributed by atoms with Crippen molar-refractivity contribution in [2.24, 2.45) is 0 Å². The van der Waals surface area contributed by atoms with Crippen LogP contribution < -0.4 is 9.47 Å². The number of ether oxygens (including phenoxy) is 2. The number of hydrogen-bond acceptors (Lipinski definition) is 8. The van der Waals surface area contributed by atoms with E-state index in [4.69, 9.17) is 9.47 Å². The molecular formula is C19H10I2NO7S-. The van der Waals surface area contributed by atoms with Gasteiger partial charge in [0.15, 0.2) is 0 Å². The van der Waals surface area contributed by atoms with Crippen LogP contribution in [0.4, 0.5) is 0 Å². The Morgan fingerprint density at radius 1 is 0.867 bits per heavy atom. The van der Waals surface area contributed by atoms with Crippen LogP contribution in [0.3, 0.4) is 0 Å². The zero-order valence-corrected chi connectivity index (χ0v) is 19.9. The summed E-state index contributed by atoms with van der Waals surface area (Å²) in [5, 5.41) is 0. The van der Waals surface area contributed by atoms with E-state index in [-0.39, 0.29) is 28.9 Å². The molecule has 0 aliphatic carbocycles. The molecule has 1 aromatic heterocycles. The Morgan fingerprint density at radius 2 is 1.43 bits per heavy atom. The van der Waals surface area contributed by atoms with Crippen molar-refractivity contribution in [2.45, 2.75) is 4.90 Å². The maximum absolute atomic E-state index is 12.7. The number of rotatable bonds is 5. The molecule has 0 fully saturated rings. The van der Waals surface area contributed by atoms with Crippen LogP contribution >= 0.6 is 45.2 Å².